The molecular weight excluding hydrogens is 452 g/mol. The lowest BCUT2D eigenvalue weighted by Gasteiger charge is -2.26. The maximum absolute atomic E-state index is 14.0. The number of carbonyl (C=O) groups excluding carboxylic acids is 1. The van der Waals surface area contributed by atoms with Crippen LogP contribution in [0.25, 0.3) is 10.2 Å². The van der Waals surface area contributed by atoms with Crippen LogP contribution in [0.2, 0.25) is 0 Å². The molecule has 28 heavy (non-hydrogen) atoms. The molecule has 0 atom stereocenters. The summed E-state index contributed by atoms with van der Waals surface area (Å²) < 4.78 is 32.4. The zero-order valence-electron chi connectivity index (χ0n) is 14.9. The summed E-state index contributed by atoms with van der Waals surface area (Å²) in [5.74, 6) is -2.94. The molecule has 2 N–H and O–H groups in total. The van der Waals surface area contributed by atoms with Gasteiger partial charge in [0, 0.05) is 36.7 Å². The van der Waals surface area contributed by atoms with Crippen LogP contribution >= 0.6 is 27.3 Å². The average molecular weight is 468 g/mol. The van der Waals surface area contributed by atoms with Gasteiger partial charge in [-0.15, -0.1) is 11.3 Å². The summed E-state index contributed by atoms with van der Waals surface area (Å²) in [5.41, 5.74) is 8.54. The second-order valence-corrected chi connectivity index (χ2v) is 8.35. The van der Waals surface area contributed by atoms with Crippen molar-refractivity contribution >= 4 is 49.1 Å². The number of likely N-dealkylation sites (N-methyl/N-ethyl adjacent to an activating group) is 1. The van der Waals surface area contributed by atoms with Crippen LogP contribution in [0.15, 0.2) is 22.7 Å². The van der Waals surface area contributed by atoms with Crippen LogP contribution in [0.5, 0.6) is 5.75 Å². The lowest BCUT2D eigenvalue weighted by atomic mass is 10.0. The van der Waals surface area contributed by atoms with Crippen molar-refractivity contribution < 1.29 is 18.3 Å². The van der Waals surface area contributed by atoms with E-state index in [1.165, 1.54) is 0 Å². The standard InChI is InChI=1S/C19H16BrF2N3O2S/c1-2-25-4-3-14-9(8-25)5-11-15(23)17(28-18(11)24-14)19(26)27-16-12(20)6-10(21)7-13(16)22/h5-7H,2-4,8,23H2,1H3. The number of ether oxygens (including phenoxy) is 1. The van der Waals surface area contributed by atoms with Gasteiger partial charge in [0.1, 0.15) is 15.5 Å². The first-order valence-electron chi connectivity index (χ1n) is 8.67. The Hall–Kier alpha value is -2.10. The maximum Gasteiger partial charge on any atom is 0.356 e. The fourth-order valence-electron chi connectivity index (χ4n) is 3.24. The first-order valence-corrected chi connectivity index (χ1v) is 10.3. The number of nitrogens with zero attached hydrogens (tertiary/aromatic N) is 2. The number of halogens is 3. The number of carbonyl (C=O) groups is 1. The molecule has 0 aliphatic carbocycles. The van der Waals surface area contributed by atoms with Crippen molar-refractivity contribution in [2.75, 3.05) is 18.8 Å². The minimum atomic E-state index is -0.979. The van der Waals surface area contributed by atoms with E-state index in [1.54, 1.807) is 0 Å². The van der Waals surface area contributed by atoms with Gasteiger partial charge in [0.25, 0.3) is 0 Å². The first kappa shape index (κ1) is 19.2. The molecule has 0 saturated heterocycles. The molecule has 4 rings (SSSR count). The molecule has 0 amide bonds. The first-order chi connectivity index (χ1) is 13.4. The normalized spacial score (nSPS) is 14.3. The molecule has 0 fully saturated rings. The fourth-order valence-corrected chi connectivity index (χ4v) is 4.70. The third-order valence-electron chi connectivity index (χ3n) is 4.74. The highest BCUT2D eigenvalue weighted by Gasteiger charge is 2.24. The summed E-state index contributed by atoms with van der Waals surface area (Å²) in [6, 6.07) is 3.64. The van der Waals surface area contributed by atoms with E-state index in [2.05, 4.69) is 32.7 Å². The Bertz CT molecular complexity index is 1080. The van der Waals surface area contributed by atoms with Gasteiger partial charge in [-0.1, -0.05) is 6.92 Å². The van der Waals surface area contributed by atoms with E-state index in [4.69, 9.17) is 10.5 Å². The zero-order valence-corrected chi connectivity index (χ0v) is 17.3. The van der Waals surface area contributed by atoms with E-state index in [1.807, 2.05) is 6.07 Å². The predicted molar refractivity (Wildman–Crippen MR) is 108 cm³/mol. The quantitative estimate of drug-likeness (QED) is 0.453. The fraction of sp³-hybridized carbons (Fsp3) is 0.263. The van der Waals surface area contributed by atoms with Gasteiger partial charge in [-0.25, -0.2) is 18.6 Å². The number of benzene rings is 1. The molecule has 2 aromatic heterocycles. The Balaban J connectivity index is 1.70. The van der Waals surface area contributed by atoms with Gasteiger partial charge in [-0.05, 0) is 40.2 Å². The Morgan fingerprint density at radius 2 is 2.18 bits per heavy atom. The van der Waals surface area contributed by atoms with E-state index in [-0.39, 0.29) is 20.8 Å². The Morgan fingerprint density at radius 3 is 2.89 bits per heavy atom. The molecule has 1 aliphatic heterocycles. The highest BCUT2D eigenvalue weighted by atomic mass is 79.9. The van der Waals surface area contributed by atoms with Crippen molar-refractivity contribution in [1.29, 1.82) is 0 Å². The second-order valence-electron chi connectivity index (χ2n) is 6.50. The molecular formula is C19H16BrF2N3O2S. The van der Waals surface area contributed by atoms with Crippen molar-refractivity contribution in [3.05, 3.63) is 50.4 Å². The summed E-state index contributed by atoms with van der Waals surface area (Å²) in [6.07, 6.45) is 0.838. The predicted octanol–water partition coefficient (Wildman–Crippen LogP) is 4.52. The van der Waals surface area contributed by atoms with Gasteiger partial charge in [0.2, 0.25) is 0 Å². The van der Waals surface area contributed by atoms with Gasteiger partial charge < -0.3 is 10.5 Å². The largest absolute Gasteiger partial charge is 0.418 e. The monoisotopic (exact) mass is 467 g/mol. The molecule has 3 heterocycles. The number of esters is 1. The van der Waals surface area contributed by atoms with E-state index in [0.29, 0.717) is 16.3 Å². The van der Waals surface area contributed by atoms with Crippen molar-refractivity contribution in [1.82, 2.24) is 9.88 Å². The molecule has 3 aromatic rings. The maximum atomic E-state index is 14.0. The number of nitrogens with two attached hydrogens (primary N) is 1. The number of pyridine rings is 1. The second kappa shape index (κ2) is 7.38. The Labute approximate surface area is 172 Å². The minimum absolute atomic E-state index is 0.00581. The van der Waals surface area contributed by atoms with Gasteiger partial charge in [0.05, 0.1) is 10.2 Å². The highest BCUT2D eigenvalue weighted by molar-refractivity contribution is 9.10. The number of aromatic nitrogens is 1. The number of anilines is 1. The van der Waals surface area contributed by atoms with Crippen LogP contribution in [0.4, 0.5) is 14.5 Å². The number of nitrogen functional groups attached to an aromatic ring is 1. The number of thiophene rings is 1. The summed E-state index contributed by atoms with van der Waals surface area (Å²) in [5, 5.41) is 0.687. The Kier molecular flexibility index (Phi) is 5.07. The summed E-state index contributed by atoms with van der Waals surface area (Å²) in [4.78, 5) is 20.4. The van der Waals surface area contributed by atoms with Crippen molar-refractivity contribution in [3.63, 3.8) is 0 Å². The number of fused-ring (bicyclic) bond motifs is 2. The molecule has 146 valence electrons. The van der Waals surface area contributed by atoms with E-state index in [0.717, 1.165) is 54.7 Å². The molecule has 0 unspecified atom stereocenters. The van der Waals surface area contributed by atoms with Crippen molar-refractivity contribution in [3.8, 4) is 5.75 Å². The molecule has 9 heteroatoms. The minimum Gasteiger partial charge on any atom is -0.418 e. The lowest BCUT2D eigenvalue weighted by molar-refractivity contribution is 0.0732. The zero-order chi connectivity index (χ0) is 20.0. The van der Waals surface area contributed by atoms with Crippen molar-refractivity contribution in [2.45, 2.75) is 19.9 Å². The van der Waals surface area contributed by atoms with Crippen molar-refractivity contribution in [2.24, 2.45) is 0 Å². The molecule has 5 nitrogen and oxygen atoms in total. The summed E-state index contributed by atoms with van der Waals surface area (Å²) in [6.45, 7) is 4.79. The molecule has 0 spiro atoms. The molecule has 1 aromatic carbocycles. The lowest BCUT2D eigenvalue weighted by Crippen LogP contribution is -2.30. The van der Waals surface area contributed by atoms with Crippen LogP contribution in [-0.2, 0) is 13.0 Å². The van der Waals surface area contributed by atoms with Crippen LogP contribution < -0.4 is 10.5 Å². The topological polar surface area (TPSA) is 68.5 Å². The van der Waals surface area contributed by atoms with Gasteiger partial charge in [-0.2, -0.15) is 0 Å². The van der Waals surface area contributed by atoms with Crippen LogP contribution in [0, 0.1) is 11.6 Å². The molecule has 1 aliphatic rings. The summed E-state index contributed by atoms with van der Waals surface area (Å²) >= 11 is 4.12. The molecule has 0 bridgehead atoms. The van der Waals surface area contributed by atoms with Crippen LogP contribution in [0.1, 0.15) is 27.9 Å². The Morgan fingerprint density at radius 1 is 1.39 bits per heavy atom. The van der Waals surface area contributed by atoms with E-state index >= 15 is 0 Å². The number of hydrogen-bond acceptors (Lipinski definition) is 6. The third kappa shape index (κ3) is 3.38. The highest BCUT2D eigenvalue weighted by Crippen LogP contribution is 2.37. The van der Waals surface area contributed by atoms with Crippen LogP contribution in [-0.4, -0.2) is 28.9 Å². The smallest absolute Gasteiger partial charge is 0.356 e. The summed E-state index contributed by atoms with van der Waals surface area (Å²) in [7, 11) is 0. The van der Waals surface area contributed by atoms with E-state index in [9.17, 15) is 13.6 Å². The van der Waals surface area contributed by atoms with Gasteiger partial charge in [-0.3, -0.25) is 4.90 Å². The molecule has 0 radical (unpaired) electrons. The van der Waals surface area contributed by atoms with Crippen LogP contribution in [0.3, 0.4) is 0 Å². The van der Waals surface area contributed by atoms with Gasteiger partial charge in [0.15, 0.2) is 11.6 Å². The number of hydrogen-bond donors (Lipinski definition) is 1. The number of rotatable bonds is 3. The van der Waals surface area contributed by atoms with E-state index < -0.39 is 17.6 Å². The molecule has 0 saturated carbocycles. The third-order valence-corrected chi connectivity index (χ3v) is 6.42. The average Bonchev–Trinajstić information content (AvgIpc) is 2.98. The SMILES string of the molecule is CCN1CCc2nc3sc(C(=O)Oc4c(F)cc(F)cc4Br)c(N)c3cc2C1. The van der Waals surface area contributed by atoms with Gasteiger partial charge >= 0.3 is 5.97 Å².